The number of hydrogen-bond donors (Lipinski definition) is 1. The number of amides is 1. The van der Waals surface area contributed by atoms with Crippen LogP contribution in [0.25, 0.3) is 10.8 Å². The van der Waals surface area contributed by atoms with E-state index in [9.17, 15) is 4.79 Å². The van der Waals surface area contributed by atoms with E-state index in [1.54, 1.807) is 0 Å². The number of nitrogens with zero attached hydrogens (tertiary/aromatic N) is 1. The normalized spacial score (nSPS) is 18.7. The smallest absolute Gasteiger partial charge is 0.261 e. The summed E-state index contributed by atoms with van der Waals surface area (Å²) >= 11 is 0. The minimum Gasteiger partial charge on any atom is -0.481 e. The van der Waals surface area contributed by atoms with E-state index in [0.717, 1.165) is 30.1 Å². The van der Waals surface area contributed by atoms with Crippen molar-refractivity contribution in [3.05, 3.63) is 42.5 Å². The molecule has 4 heteroatoms. The Morgan fingerprint density at radius 3 is 2.79 bits per heavy atom. The Balaban J connectivity index is 1.46. The van der Waals surface area contributed by atoms with Gasteiger partial charge in [0.05, 0.1) is 0 Å². The third kappa shape index (κ3) is 5.48. The first-order chi connectivity index (χ1) is 13.7. The lowest BCUT2D eigenvalue weighted by atomic mass is 10.00. The number of carbonyl (C=O) groups is 1. The molecule has 1 aliphatic heterocycles. The second-order valence-electron chi connectivity index (χ2n) is 7.76. The van der Waals surface area contributed by atoms with E-state index in [0.29, 0.717) is 13.0 Å². The van der Waals surface area contributed by atoms with Crippen molar-refractivity contribution in [3.63, 3.8) is 0 Å². The van der Waals surface area contributed by atoms with E-state index >= 15 is 0 Å². The lowest BCUT2D eigenvalue weighted by molar-refractivity contribution is -0.128. The fourth-order valence-electron chi connectivity index (χ4n) is 4.15. The monoisotopic (exact) mass is 382 g/mol. The number of hydrogen-bond acceptors (Lipinski definition) is 3. The van der Waals surface area contributed by atoms with E-state index in [4.69, 9.17) is 4.74 Å². The Morgan fingerprint density at radius 1 is 1.18 bits per heavy atom. The van der Waals surface area contributed by atoms with E-state index in [1.165, 1.54) is 37.6 Å². The van der Waals surface area contributed by atoms with Crippen LogP contribution >= 0.6 is 0 Å². The van der Waals surface area contributed by atoms with Crippen molar-refractivity contribution in [2.75, 3.05) is 19.6 Å². The molecule has 0 unspecified atom stereocenters. The fourth-order valence-corrected chi connectivity index (χ4v) is 4.15. The Labute approximate surface area is 169 Å². The van der Waals surface area contributed by atoms with Crippen molar-refractivity contribution in [2.45, 2.75) is 64.5 Å². The number of carbonyl (C=O) groups excluding carboxylic acids is 1. The zero-order valence-electron chi connectivity index (χ0n) is 17.3. The van der Waals surface area contributed by atoms with Crippen molar-refractivity contribution in [1.29, 1.82) is 0 Å². The summed E-state index contributed by atoms with van der Waals surface area (Å²) in [6.07, 6.45) is 6.41. The van der Waals surface area contributed by atoms with E-state index in [-0.39, 0.29) is 5.91 Å². The minimum absolute atomic E-state index is 0.0126. The first-order valence-electron chi connectivity index (χ1n) is 10.9. The Kier molecular flexibility index (Phi) is 7.72. The summed E-state index contributed by atoms with van der Waals surface area (Å²) in [7, 11) is 0. The molecular weight excluding hydrogens is 348 g/mol. The van der Waals surface area contributed by atoms with Crippen LogP contribution in [0.5, 0.6) is 5.75 Å². The van der Waals surface area contributed by atoms with Crippen LogP contribution in [-0.2, 0) is 4.79 Å². The van der Waals surface area contributed by atoms with Gasteiger partial charge < -0.3 is 15.0 Å². The number of piperidine rings is 1. The number of fused-ring (bicyclic) bond motifs is 1. The van der Waals surface area contributed by atoms with Gasteiger partial charge in [-0.2, -0.15) is 0 Å². The minimum atomic E-state index is -0.445. The topological polar surface area (TPSA) is 41.6 Å². The Bertz CT molecular complexity index is 761. The third-order valence-electron chi connectivity index (χ3n) is 5.80. The predicted molar refractivity (Wildman–Crippen MR) is 116 cm³/mol. The van der Waals surface area contributed by atoms with Crippen LogP contribution in [0.4, 0.5) is 0 Å². The zero-order chi connectivity index (χ0) is 19.8. The molecule has 1 N–H and O–H groups in total. The number of likely N-dealkylation sites (tertiary alicyclic amines) is 1. The molecule has 0 bridgehead atoms. The summed E-state index contributed by atoms with van der Waals surface area (Å²) in [4.78, 5) is 15.2. The van der Waals surface area contributed by atoms with Crippen molar-refractivity contribution >= 4 is 16.7 Å². The molecule has 0 aliphatic carbocycles. The quantitative estimate of drug-likeness (QED) is 0.635. The van der Waals surface area contributed by atoms with Crippen LogP contribution < -0.4 is 10.1 Å². The second kappa shape index (κ2) is 10.5. The molecule has 1 amide bonds. The average molecular weight is 383 g/mol. The molecule has 2 aromatic rings. The highest BCUT2D eigenvalue weighted by atomic mass is 16.5. The van der Waals surface area contributed by atoms with Crippen LogP contribution in [0.3, 0.4) is 0 Å². The van der Waals surface area contributed by atoms with Crippen LogP contribution in [0, 0.1) is 0 Å². The van der Waals surface area contributed by atoms with Gasteiger partial charge in [0.1, 0.15) is 5.75 Å². The van der Waals surface area contributed by atoms with Gasteiger partial charge in [0, 0.05) is 19.1 Å². The molecule has 1 saturated heterocycles. The van der Waals surface area contributed by atoms with Gasteiger partial charge in [0.25, 0.3) is 5.91 Å². The van der Waals surface area contributed by atoms with Gasteiger partial charge in [-0.1, -0.05) is 50.6 Å². The van der Waals surface area contributed by atoms with Crippen molar-refractivity contribution in [2.24, 2.45) is 0 Å². The van der Waals surface area contributed by atoms with E-state index in [2.05, 4.69) is 29.3 Å². The maximum atomic E-state index is 12.6. The Morgan fingerprint density at radius 2 is 2.00 bits per heavy atom. The van der Waals surface area contributed by atoms with Crippen LogP contribution in [-0.4, -0.2) is 42.6 Å². The molecule has 3 rings (SSSR count). The zero-order valence-corrected chi connectivity index (χ0v) is 17.3. The molecule has 1 aliphatic rings. The van der Waals surface area contributed by atoms with Gasteiger partial charge >= 0.3 is 0 Å². The molecule has 0 aromatic heterocycles. The number of nitrogens with one attached hydrogen (secondary N) is 1. The summed E-state index contributed by atoms with van der Waals surface area (Å²) in [6, 6.07) is 14.9. The van der Waals surface area contributed by atoms with Crippen LogP contribution in [0.1, 0.15) is 52.4 Å². The average Bonchev–Trinajstić information content (AvgIpc) is 2.75. The lowest BCUT2D eigenvalue weighted by Gasteiger charge is -2.35. The van der Waals surface area contributed by atoms with Crippen molar-refractivity contribution in [3.8, 4) is 5.75 Å². The van der Waals surface area contributed by atoms with Gasteiger partial charge in [0.2, 0.25) is 0 Å². The molecule has 0 spiro atoms. The number of ether oxygens (including phenoxy) is 1. The third-order valence-corrected chi connectivity index (χ3v) is 5.80. The fraction of sp³-hybridized carbons (Fsp3) is 0.542. The maximum absolute atomic E-state index is 12.6. The molecule has 4 nitrogen and oxygen atoms in total. The molecular formula is C24H34N2O2. The first-order valence-corrected chi connectivity index (χ1v) is 10.9. The summed E-state index contributed by atoms with van der Waals surface area (Å²) in [5.41, 5.74) is 0. The SMILES string of the molecule is CC[C@@H]1CCCCN1CCCNC(=O)[C@H](CC)Oc1ccc2ccccc2c1. The molecule has 0 saturated carbocycles. The number of rotatable bonds is 9. The number of benzene rings is 2. The van der Waals surface area contributed by atoms with Gasteiger partial charge in [-0.05, 0) is 61.6 Å². The van der Waals surface area contributed by atoms with Gasteiger partial charge in [-0.3, -0.25) is 4.79 Å². The molecule has 1 fully saturated rings. The van der Waals surface area contributed by atoms with Gasteiger partial charge in [0.15, 0.2) is 6.10 Å². The summed E-state index contributed by atoms with van der Waals surface area (Å²) in [5, 5.41) is 5.38. The predicted octanol–water partition coefficient (Wildman–Crippen LogP) is 4.77. The summed E-state index contributed by atoms with van der Waals surface area (Å²) < 4.78 is 5.99. The molecule has 28 heavy (non-hydrogen) atoms. The van der Waals surface area contributed by atoms with E-state index in [1.807, 2.05) is 37.3 Å². The van der Waals surface area contributed by atoms with Crippen LogP contribution in [0.15, 0.2) is 42.5 Å². The molecule has 1 heterocycles. The maximum Gasteiger partial charge on any atom is 0.261 e. The summed E-state index contributed by atoms with van der Waals surface area (Å²) in [5.74, 6) is 0.737. The first kappa shape index (κ1) is 20.7. The van der Waals surface area contributed by atoms with Gasteiger partial charge in [-0.15, -0.1) is 0 Å². The van der Waals surface area contributed by atoms with Crippen molar-refractivity contribution < 1.29 is 9.53 Å². The van der Waals surface area contributed by atoms with E-state index < -0.39 is 6.10 Å². The lowest BCUT2D eigenvalue weighted by Crippen LogP contribution is -2.42. The molecule has 0 radical (unpaired) electrons. The van der Waals surface area contributed by atoms with Gasteiger partial charge in [-0.25, -0.2) is 0 Å². The van der Waals surface area contributed by atoms with Crippen LogP contribution in [0.2, 0.25) is 0 Å². The summed E-state index contributed by atoms with van der Waals surface area (Å²) in [6.45, 7) is 7.26. The molecule has 2 atom stereocenters. The highest BCUT2D eigenvalue weighted by Crippen LogP contribution is 2.22. The molecule has 2 aromatic carbocycles. The highest BCUT2D eigenvalue weighted by Gasteiger charge is 2.21. The standard InChI is InChI=1S/C24H34N2O2/c1-3-21-12-7-8-16-26(21)17-9-15-25-24(27)23(4-2)28-22-14-13-19-10-5-6-11-20(19)18-22/h5-6,10-11,13-14,18,21,23H,3-4,7-9,12,15-17H2,1-2H3,(H,25,27)/t21-,23+/m1/s1. The highest BCUT2D eigenvalue weighted by molar-refractivity contribution is 5.84. The second-order valence-corrected chi connectivity index (χ2v) is 7.76. The Hall–Kier alpha value is -2.07. The largest absolute Gasteiger partial charge is 0.481 e. The molecule has 152 valence electrons. The van der Waals surface area contributed by atoms with Crippen molar-refractivity contribution in [1.82, 2.24) is 10.2 Å².